The van der Waals surface area contributed by atoms with Gasteiger partial charge in [0.05, 0.1) is 24.0 Å². The zero-order chi connectivity index (χ0) is 15.4. The van der Waals surface area contributed by atoms with Gasteiger partial charge in [0.2, 0.25) is 0 Å². The van der Waals surface area contributed by atoms with Crippen LogP contribution < -0.4 is 5.32 Å². The molecular weight excluding hydrogens is 278 g/mol. The first-order chi connectivity index (χ1) is 10.7. The molecule has 0 aromatic carbocycles. The zero-order valence-electron chi connectivity index (χ0n) is 13.6. The third-order valence-electron chi connectivity index (χ3n) is 5.13. The first kappa shape index (κ1) is 15.9. The molecule has 0 spiro atoms. The van der Waals surface area contributed by atoms with Crippen LogP contribution >= 0.6 is 0 Å². The maximum Gasteiger partial charge on any atom is 0.0965 e. The quantitative estimate of drug-likeness (QED) is 0.822. The lowest BCUT2D eigenvalue weighted by molar-refractivity contribution is 0.0980. The smallest absolute Gasteiger partial charge is 0.0965 e. The maximum absolute atomic E-state index is 10.3. The molecule has 0 unspecified atom stereocenters. The van der Waals surface area contributed by atoms with Crippen LogP contribution in [0, 0.1) is 0 Å². The van der Waals surface area contributed by atoms with E-state index < -0.39 is 0 Å². The van der Waals surface area contributed by atoms with Crippen molar-refractivity contribution in [3.8, 4) is 0 Å². The Labute approximate surface area is 132 Å². The fraction of sp³-hybridized carbons (Fsp3) is 0.875. The summed E-state index contributed by atoms with van der Waals surface area (Å²) in [6.45, 7) is 3.11. The number of hydrogen-bond donors (Lipinski definition) is 2. The SMILES string of the molecule is CN1CCC(NCc2cn([C@@H]3CCCCC[C@H]3O)nn2)CC1. The van der Waals surface area contributed by atoms with E-state index in [1.54, 1.807) is 0 Å². The molecule has 1 saturated heterocycles. The number of aliphatic hydroxyl groups excluding tert-OH is 1. The second kappa shape index (κ2) is 7.53. The van der Waals surface area contributed by atoms with Gasteiger partial charge >= 0.3 is 0 Å². The summed E-state index contributed by atoms with van der Waals surface area (Å²) in [5, 5.41) is 22.4. The Balaban J connectivity index is 1.52. The summed E-state index contributed by atoms with van der Waals surface area (Å²) in [6, 6.07) is 0.692. The average molecular weight is 307 g/mol. The number of aromatic nitrogens is 3. The van der Waals surface area contributed by atoms with Crippen LogP contribution in [0.15, 0.2) is 6.20 Å². The summed E-state index contributed by atoms with van der Waals surface area (Å²) in [5.74, 6) is 0. The minimum atomic E-state index is -0.279. The minimum Gasteiger partial charge on any atom is -0.391 e. The van der Waals surface area contributed by atoms with Crippen molar-refractivity contribution in [1.29, 1.82) is 0 Å². The highest BCUT2D eigenvalue weighted by molar-refractivity contribution is 4.95. The molecule has 1 aromatic rings. The van der Waals surface area contributed by atoms with Crippen molar-refractivity contribution in [2.45, 2.75) is 69.7 Å². The molecule has 2 N–H and O–H groups in total. The number of nitrogens with zero attached hydrogens (tertiary/aromatic N) is 4. The Bertz CT molecular complexity index is 455. The standard InChI is InChI=1S/C16H29N5O/c1-20-9-7-13(8-10-20)17-11-14-12-21(19-18-14)15-5-3-2-4-6-16(15)22/h12-13,15-17,22H,2-11H2,1H3/t15-,16-/m1/s1. The Hall–Kier alpha value is -0.980. The van der Waals surface area contributed by atoms with Gasteiger partial charge in [0, 0.05) is 12.6 Å². The van der Waals surface area contributed by atoms with Gasteiger partial charge in [0.25, 0.3) is 0 Å². The molecule has 0 bridgehead atoms. The van der Waals surface area contributed by atoms with E-state index in [-0.39, 0.29) is 12.1 Å². The van der Waals surface area contributed by atoms with Crippen LogP contribution in [0.3, 0.4) is 0 Å². The lowest BCUT2D eigenvalue weighted by Gasteiger charge is -2.29. The summed E-state index contributed by atoms with van der Waals surface area (Å²) in [6.07, 6.45) is 9.53. The molecule has 2 fully saturated rings. The molecule has 22 heavy (non-hydrogen) atoms. The molecule has 6 heteroatoms. The Morgan fingerprint density at radius 2 is 1.95 bits per heavy atom. The summed E-state index contributed by atoms with van der Waals surface area (Å²) >= 11 is 0. The second-order valence-corrected chi connectivity index (χ2v) is 6.92. The van der Waals surface area contributed by atoms with Crippen molar-refractivity contribution in [1.82, 2.24) is 25.2 Å². The summed E-state index contributed by atoms with van der Waals surface area (Å²) < 4.78 is 1.89. The third kappa shape index (κ3) is 4.06. The van der Waals surface area contributed by atoms with E-state index >= 15 is 0 Å². The van der Waals surface area contributed by atoms with Crippen LogP contribution in [-0.2, 0) is 6.54 Å². The summed E-state index contributed by atoms with van der Waals surface area (Å²) in [7, 11) is 2.18. The van der Waals surface area contributed by atoms with Crippen molar-refractivity contribution in [3.05, 3.63) is 11.9 Å². The predicted molar refractivity (Wildman–Crippen MR) is 85.5 cm³/mol. The fourth-order valence-corrected chi connectivity index (χ4v) is 3.60. The molecule has 2 atom stereocenters. The van der Waals surface area contributed by atoms with E-state index in [0.717, 1.165) is 31.5 Å². The minimum absolute atomic E-state index is 0.104. The van der Waals surface area contributed by atoms with Crippen LogP contribution in [0.5, 0.6) is 0 Å². The Kier molecular flexibility index (Phi) is 5.44. The molecular formula is C16H29N5O. The van der Waals surface area contributed by atoms with Crippen molar-refractivity contribution in [2.24, 2.45) is 0 Å². The Morgan fingerprint density at radius 1 is 1.18 bits per heavy atom. The van der Waals surface area contributed by atoms with E-state index in [1.165, 1.54) is 38.8 Å². The molecule has 2 heterocycles. The maximum atomic E-state index is 10.3. The monoisotopic (exact) mass is 307 g/mol. The second-order valence-electron chi connectivity index (χ2n) is 6.92. The van der Waals surface area contributed by atoms with E-state index in [4.69, 9.17) is 0 Å². The number of aliphatic hydroxyl groups is 1. The molecule has 1 aliphatic heterocycles. The molecule has 3 rings (SSSR count). The molecule has 1 aromatic heterocycles. The lowest BCUT2D eigenvalue weighted by atomic mass is 10.1. The highest BCUT2D eigenvalue weighted by atomic mass is 16.3. The molecule has 1 saturated carbocycles. The van der Waals surface area contributed by atoms with Gasteiger partial charge in [-0.05, 0) is 45.8 Å². The van der Waals surface area contributed by atoms with Crippen LogP contribution in [0.2, 0.25) is 0 Å². The summed E-state index contributed by atoms with van der Waals surface area (Å²) in [5.41, 5.74) is 0.982. The normalized spacial score (nSPS) is 28.6. The third-order valence-corrected chi connectivity index (χ3v) is 5.13. The van der Waals surface area contributed by atoms with Crippen LogP contribution in [0.1, 0.15) is 56.7 Å². The largest absolute Gasteiger partial charge is 0.391 e. The van der Waals surface area contributed by atoms with Crippen molar-refractivity contribution in [3.63, 3.8) is 0 Å². The van der Waals surface area contributed by atoms with E-state index in [2.05, 4.69) is 27.6 Å². The zero-order valence-corrected chi connectivity index (χ0v) is 13.6. The van der Waals surface area contributed by atoms with Crippen molar-refractivity contribution >= 4 is 0 Å². The number of rotatable bonds is 4. The highest BCUT2D eigenvalue weighted by Crippen LogP contribution is 2.26. The van der Waals surface area contributed by atoms with Crippen molar-refractivity contribution < 1.29 is 5.11 Å². The topological polar surface area (TPSA) is 66.2 Å². The van der Waals surface area contributed by atoms with Gasteiger partial charge in [0.15, 0.2) is 0 Å². The number of piperidine rings is 1. The molecule has 124 valence electrons. The fourth-order valence-electron chi connectivity index (χ4n) is 3.60. The van der Waals surface area contributed by atoms with E-state index in [0.29, 0.717) is 6.04 Å². The van der Waals surface area contributed by atoms with Gasteiger partial charge in [-0.25, -0.2) is 4.68 Å². The number of likely N-dealkylation sites (tertiary alicyclic amines) is 1. The van der Waals surface area contributed by atoms with Crippen LogP contribution in [0.25, 0.3) is 0 Å². The van der Waals surface area contributed by atoms with Gasteiger partial charge < -0.3 is 15.3 Å². The summed E-state index contributed by atoms with van der Waals surface area (Å²) in [4.78, 5) is 2.38. The lowest BCUT2D eigenvalue weighted by Crippen LogP contribution is -2.40. The first-order valence-corrected chi connectivity index (χ1v) is 8.73. The molecule has 1 aliphatic carbocycles. The molecule has 0 radical (unpaired) electrons. The van der Waals surface area contributed by atoms with Crippen molar-refractivity contribution in [2.75, 3.05) is 20.1 Å². The highest BCUT2D eigenvalue weighted by Gasteiger charge is 2.24. The van der Waals surface area contributed by atoms with Gasteiger partial charge in [-0.3, -0.25) is 0 Å². The van der Waals surface area contributed by atoms with E-state index in [1.807, 2.05) is 10.9 Å². The number of hydrogen-bond acceptors (Lipinski definition) is 5. The predicted octanol–water partition coefficient (Wildman–Crippen LogP) is 1.33. The average Bonchev–Trinajstić information content (AvgIpc) is 2.88. The molecule has 6 nitrogen and oxygen atoms in total. The van der Waals surface area contributed by atoms with Crippen LogP contribution in [-0.4, -0.2) is 57.3 Å². The van der Waals surface area contributed by atoms with Gasteiger partial charge in [0.1, 0.15) is 0 Å². The van der Waals surface area contributed by atoms with Gasteiger partial charge in [-0.15, -0.1) is 5.10 Å². The Morgan fingerprint density at radius 3 is 2.77 bits per heavy atom. The van der Waals surface area contributed by atoms with Crippen LogP contribution in [0.4, 0.5) is 0 Å². The van der Waals surface area contributed by atoms with E-state index in [9.17, 15) is 5.11 Å². The van der Waals surface area contributed by atoms with Gasteiger partial charge in [-0.2, -0.15) is 0 Å². The van der Waals surface area contributed by atoms with Gasteiger partial charge in [-0.1, -0.05) is 24.5 Å². The first-order valence-electron chi connectivity index (χ1n) is 8.73. The molecule has 2 aliphatic rings. The number of nitrogens with one attached hydrogen (secondary N) is 1. The molecule has 0 amide bonds.